The highest BCUT2D eigenvalue weighted by molar-refractivity contribution is 5.97. The number of methoxy groups -OCH3 is 3. The molecular weight excluding hydrogens is 300 g/mol. The predicted octanol–water partition coefficient (Wildman–Crippen LogP) is 1.06. The lowest BCUT2D eigenvalue weighted by Crippen LogP contribution is -2.38. The molecule has 0 saturated carbocycles. The van der Waals surface area contributed by atoms with Crippen molar-refractivity contribution < 1.29 is 23.8 Å². The molecule has 1 heterocycles. The second kappa shape index (κ2) is 7.71. The van der Waals surface area contributed by atoms with E-state index in [0.29, 0.717) is 22.8 Å². The third kappa shape index (κ3) is 3.85. The Balaban J connectivity index is 2.07. The molecule has 1 aromatic carbocycles. The summed E-state index contributed by atoms with van der Waals surface area (Å²) in [6.45, 7) is 1.51. The molecular formula is C16H22N2O5. The van der Waals surface area contributed by atoms with Gasteiger partial charge in [-0.3, -0.25) is 9.59 Å². The summed E-state index contributed by atoms with van der Waals surface area (Å²) in [5.41, 5.74) is 0.341. The van der Waals surface area contributed by atoms with Gasteiger partial charge < -0.3 is 24.4 Å². The van der Waals surface area contributed by atoms with Crippen molar-refractivity contribution in [3.63, 3.8) is 0 Å². The summed E-state index contributed by atoms with van der Waals surface area (Å²) < 4.78 is 15.6. The molecule has 7 heteroatoms. The highest BCUT2D eigenvalue weighted by Gasteiger charge is 2.20. The van der Waals surface area contributed by atoms with Gasteiger partial charge >= 0.3 is 0 Å². The Hall–Kier alpha value is -2.44. The van der Waals surface area contributed by atoms with E-state index >= 15 is 0 Å². The molecule has 0 atom stereocenters. The zero-order valence-corrected chi connectivity index (χ0v) is 13.7. The first kappa shape index (κ1) is 16.9. The summed E-state index contributed by atoms with van der Waals surface area (Å²) in [7, 11) is 4.46. The van der Waals surface area contributed by atoms with Gasteiger partial charge in [0.25, 0.3) is 5.91 Å². The van der Waals surface area contributed by atoms with E-state index in [0.717, 1.165) is 25.9 Å². The van der Waals surface area contributed by atoms with Gasteiger partial charge in [0.2, 0.25) is 11.7 Å². The number of likely N-dealkylation sites (tertiary alicyclic amines) is 1. The number of carbonyl (C=O) groups is 2. The minimum absolute atomic E-state index is 0.0184. The van der Waals surface area contributed by atoms with E-state index in [1.165, 1.54) is 21.3 Å². The van der Waals surface area contributed by atoms with Crippen molar-refractivity contribution in [2.24, 2.45) is 0 Å². The third-order valence-corrected chi connectivity index (χ3v) is 3.79. The van der Waals surface area contributed by atoms with Gasteiger partial charge in [0, 0.05) is 18.7 Å². The number of rotatable bonds is 6. The summed E-state index contributed by atoms with van der Waals surface area (Å²) in [6.07, 6.45) is 2.04. The number of nitrogens with one attached hydrogen (secondary N) is 1. The fourth-order valence-electron chi connectivity index (χ4n) is 2.55. The van der Waals surface area contributed by atoms with Crippen LogP contribution in [0, 0.1) is 0 Å². The number of hydrogen-bond donors (Lipinski definition) is 1. The molecule has 7 nitrogen and oxygen atoms in total. The fraction of sp³-hybridized carbons (Fsp3) is 0.500. The van der Waals surface area contributed by atoms with Crippen LogP contribution in [0.25, 0.3) is 0 Å². The molecule has 23 heavy (non-hydrogen) atoms. The highest BCUT2D eigenvalue weighted by atomic mass is 16.5. The van der Waals surface area contributed by atoms with Gasteiger partial charge in [0.05, 0.1) is 27.9 Å². The highest BCUT2D eigenvalue weighted by Crippen LogP contribution is 2.38. The van der Waals surface area contributed by atoms with Crippen molar-refractivity contribution in [1.29, 1.82) is 0 Å². The molecule has 1 saturated heterocycles. The lowest BCUT2D eigenvalue weighted by Gasteiger charge is -2.16. The number of benzene rings is 1. The van der Waals surface area contributed by atoms with Crippen LogP contribution < -0.4 is 19.5 Å². The fourth-order valence-corrected chi connectivity index (χ4v) is 2.55. The number of carbonyl (C=O) groups excluding carboxylic acids is 2. The van der Waals surface area contributed by atoms with Crippen LogP contribution in [-0.2, 0) is 4.79 Å². The Labute approximate surface area is 135 Å². The normalized spacial score (nSPS) is 13.6. The van der Waals surface area contributed by atoms with Crippen LogP contribution in [0.5, 0.6) is 17.2 Å². The van der Waals surface area contributed by atoms with Crippen LogP contribution in [0.1, 0.15) is 23.2 Å². The minimum Gasteiger partial charge on any atom is -0.493 e. The van der Waals surface area contributed by atoms with Crippen LogP contribution in [-0.4, -0.2) is 57.7 Å². The maximum absolute atomic E-state index is 12.3. The van der Waals surface area contributed by atoms with E-state index in [2.05, 4.69) is 5.32 Å². The quantitative estimate of drug-likeness (QED) is 0.847. The molecule has 0 aromatic heterocycles. The topological polar surface area (TPSA) is 77.1 Å². The van der Waals surface area contributed by atoms with Gasteiger partial charge in [-0.05, 0) is 25.0 Å². The lowest BCUT2D eigenvalue weighted by atomic mass is 10.1. The van der Waals surface area contributed by atoms with Crippen molar-refractivity contribution in [1.82, 2.24) is 10.2 Å². The number of amides is 2. The molecule has 2 rings (SSSR count). The first-order valence-electron chi connectivity index (χ1n) is 7.46. The molecule has 0 aliphatic carbocycles. The second-order valence-corrected chi connectivity index (χ2v) is 5.18. The number of nitrogens with zero attached hydrogens (tertiary/aromatic N) is 1. The molecule has 0 spiro atoms. The first-order valence-corrected chi connectivity index (χ1v) is 7.46. The van der Waals surface area contributed by atoms with E-state index < -0.39 is 0 Å². The molecule has 126 valence electrons. The molecule has 0 radical (unpaired) electrons. The van der Waals surface area contributed by atoms with Gasteiger partial charge in [0.1, 0.15) is 0 Å². The van der Waals surface area contributed by atoms with Crippen LogP contribution in [0.15, 0.2) is 12.1 Å². The van der Waals surface area contributed by atoms with Crippen LogP contribution in [0.2, 0.25) is 0 Å². The Morgan fingerprint density at radius 2 is 1.61 bits per heavy atom. The Kier molecular flexibility index (Phi) is 5.67. The van der Waals surface area contributed by atoms with Gasteiger partial charge in [0.15, 0.2) is 11.5 Å². The zero-order valence-electron chi connectivity index (χ0n) is 13.7. The van der Waals surface area contributed by atoms with Gasteiger partial charge in [-0.2, -0.15) is 0 Å². The molecule has 2 amide bonds. The van der Waals surface area contributed by atoms with Crippen LogP contribution in [0.3, 0.4) is 0 Å². The van der Waals surface area contributed by atoms with E-state index in [4.69, 9.17) is 14.2 Å². The molecule has 0 bridgehead atoms. The second-order valence-electron chi connectivity index (χ2n) is 5.18. The number of hydrogen-bond acceptors (Lipinski definition) is 5. The van der Waals surface area contributed by atoms with Gasteiger partial charge in [-0.15, -0.1) is 0 Å². The Morgan fingerprint density at radius 1 is 1.04 bits per heavy atom. The van der Waals surface area contributed by atoms with Crippen LogP contribution in [0.4, 0.5) is 0 Å². The minimum atomic E-state index is -0.364. The van der Waals surface area contributed by atoms with Gasteiger partial charge in [-0.25, -0.2) is 0 Å². The summed E-state index contributed by atoms with van der Waals surface area (Å²) in [6, 6.07) is 3.11. The summed E-state index contributed by atoms with van der Waals surface area (Å²) >= 11 is 0. The van der Waals surface area contributed by atoms with Crippen molar-refractivity contribution in [3.8, 4) is 17.2 Å². The summed E-state index contributed by atoms with van der Waals surface area (Å²) in [5, 5.41) is 2.63. The van der Waals surface area contributed by atoms with E-state index in [1.807, 2.05) is 0 Å². The molecule has 1 aliphatic rings. The Morgan fingerprint density at radius 3 is 2.09 bits per heavy atom. The van der Waals surface area contributed by atoms with Crippen molar-refractivity contribution in [2.75, 3.05) is 41.0 Å². The molecule has 0 unspecified atom stereocenters. The van der Waals surface area contributed by atoms with E-state index in [9.17, 15) is 9.59 Å². The maximum Gasteiger partial charge on any atom is 0.251 e. The largest absolute Gasteiger partial charge is 0.493 e. The summed E-state index contributed by atoms with van der Waals surface area (Å²) in [5.74, 6) is 0.769. The lowest BCUT2D eigenvalue weighted by molar-refractivity contribution is -0.129. The predicted molar refractivity (Wildman–Crippen MR) is 84.2 cm³/mol. The molecule has 1 N–H and O–H groups in total. The average Bonchev–Trinajstić information content (AvgIpc) is 3.12. The average molecular weight is 322 g/mol. The van der Waals surface area contributed by atoms with E-state index in [-0.39, 0.29) is 18.4 Å². The van der Waals surface area contributed by atoms with Crippen molar-refractivity contribution in [3.05, 3.63) is 17.7 Å². The van der Waals surface area contributed by atoms with Gasteiger partial charge in [-0.1, -0.05) is 0 Å². The SMILES string of the molecule is COc1cc(C(=O)NCC(=O)N2CCCC2)cc(OC)c1OC. The number of ether oxygens (including phenoxy) is 3. The first-order chi connectivity index (χ1) is 11.1. The molecule has 1 aliphatic heterocycles. The van der Waals surface area contributed by atoms with Crippen LogP contribution >= 0.6 is 0 Å². The van der Waals surface area contributed by atoms with E-state index in [1.54, 1.807) is 17.0 Å². The van der Waals surface area contributed by atoms with Crippen molar-refractivity contribution >= 4 is 11.8 Å². The third-order valence-electron chi connectivity index (χ3n) is 3.79. The smallest absolute Gasteiger partial charge is 0.251 e. The van der Waals surface area contributed by atoms with Crippen molar-refractivity contribution in [2.45, 2.75) is 12.8 Å². The standard InChI is InChI=1S/C16H22N2O5/c1-21-12-8-11(9-13(22-2)15(12)23-3)16(20)17-10-14(19)18-6-4-5-7-18/h8-9H,4-7,10H2,1-3H3,(H,17,20). The zero-order chi connectivity index (χ0) is 16.8. The molecule has 1 aromatic rings. The monoisotopic (exact) mass is 322 g/mol. The Bertz CT molecular complexity index is 557. The summed E-state index contributed by atoms with van der Waals surface area (Å²) in [4.78, 5) is 26.0. The maximum atomic E-state index is 12.3. The molecule has 1 fully saturated rings.